The number of carbonyl (C=O) groups is 1. The molecule has 4 aromatic rings. The van der Waals surface area contributed by atoms with E-state index in [4.69, 9.17) is 16.1 Å². The van der Waals surface area contributed by atoms with E-state index in [2.05, 4.69) is 15.5 Å². The van der Waals surface area contributed by atoms with Gasteiger partial charge in [0, 0.05) is 22.3 Å². The van der Waals surface area contributed by atoms with Crippen molar-refractivity contribution in [1.82, 2.24) is 15.5 Å². The van der Waals surface area contributed by atoms with E-state index in [1.807, 2.05) is 0 Å². The summed E-state index contributed by atoms with van der Waals surface area (Å²) in [5, 5.41) is 7.29. The summed E-state index contributed by atoms with van der Waals surface area (Å²) in [6.07, 6.45) is 0. The zero-order chi connectivity index (χ0) is 24.7. The van der Waals surface area contributed by atoms with Crippen molar-refractivity contribution in [2.24, 2.45) is 0 Å². The van der Waals surface area contributed by atoms with Crippen LogP contribution in [-0.2, 0) is 0 Å². The smallest absolute Gasteiger partial charge is 0.327 e. The summed E-state index contributed by atoms with van der Waals surface area (Å²) in [5.74, 6) is -2.36. The number of halogens is 4. The number of hydrogen-bond donors (Lipinski definition) is 1. The predicted octanol–water partition coefficient (Wildman–Crippen LogP) is 6.51. The minimum Gasteiger partial charge on any atom is -0.334 e. The van der Waals surface area contributed by atoms with Crippen LogP contribution < -0.4 is 10.2 Å². The lowest BCUT2D eigenvalue weighted by Gasteiger charge is -2.35. The van der Waals surface area contributed by atoms with Gasteiger partial charge in [-0.25, -0.2) is 18.0 Å². The first-order valence-electron chi connectivity index (χ1n) is 10.4. The molecular formula is C25H16ClF3N4O2. The van der Waals surface area contributed by atoms with Crippen LogP contribution in [0.3, 0.4) is 0 Å². The molecule has 3 aromatic carbocycles. The van der Waals surface area contributed by atoms with Crippen molar-refractivity contribution >= 4 is 28.9 Å². The van der Waals surface area contributed by atoms with Crippen LogP contribution in [0.15, 0.2) is 77.0 Å². The highest BCUT2D eigenvalue weighted by atomic mass is 35.5. The van der Waals surface area contributed by atoms with Gasteiger partial charge < -0.3 is 9.84 Å². The Kier molecular flexibility index (Phi) is 5.78. The summed E-state index contributed by atoms with van der Waals surface area (Å²) in [6.45, 7) is 1.60. The van der Waals surface area contributed by atoms with Gasteiger partial charge >= 0.3 is 6.03 Å². The maximum Gasteiger partial charge on any atom is 0.327 e. The van der Waals surface area contributed by atoms with Crippen LogP contribution in [0.5, 0.6) is 0 Å². The second-order valence-corrected chi connectivity index (χ2v) is 8.24. The Hall–Kier alpha value is -4.11. The van der Waals surface area contributed by atoms with Crippen molar-refractivity contribution in [1.29, 1.82) is 0 Å². The van der Waals surface area contributed by atoms with E-state index in [9.17, 15) is 18.0 Å². The Morgan fingerprint density at radius 2 is 1.80 bits per heavy atom. The minimum atomic E-state index is -1.11. The molecule has 1 atom stereocenters. The predicted molar refractivity (Wildman–Crippen MR) is 124 cm³/mol. The zero-order valence-electron chi connectivity index (χ0n) is 18.1. The minimum absolute atomic E-state index is 0.0549. The molecule has 0 saturated carbocycles. The fourth-order valence-electron chi connectivity index (χ4n) is 3.97. The van der Waals surface area contributed by atoms with E-state index >= 15 is 0 Å². The SMILES string of the molecule is CC1=C(c2nc(-c3cccc(Cl)c3)no2)C(c2cccc(F)c2)NC(=O)N1c1ccc(F)c(F)c1. The van der Waals surface area contributed by atoms with Crippen LogP contribution in [-0.4, -0.2) is 16.2 Å². The van der Waals surface area contributed by atoms with Crippen molar-refractivity contribution in [2.75, 3.05) is 4.90 Å². The molecule has 0 spiro atoms. The molecule has 1 aliphatic rings. The van der Waals surface area contributed by atoms with Crippen molar-refractivity contribution in [3.63, 3.8) is 0 Å². The summed E-state index contributed by atoms with van der Waals surface area (Å²) in [4.78, 5) is 18.7. The highest BCUT2D eigenvalue weighted by Gasteiger charge is 2.37. The van der Waals surface area contributed by atoms with Crippen molar-refractivity contribution in [3.8, 4) is 11.4 Å². The second-order valence-electron chi connectivity index (χ2n) is 7.80. The Bertz CT molecular complexity index is 1490. The maximum absolute atomic E-state index is 14.1. The van der Waals surface area contributed by atoms with Crippen LogP contribution >= 0.6 is 11.6 Å². The number of hydrogen-bond acceptors (Lipinski definition) is 4. The van der Waals surface area contributed by atoms with E-state index in [-0.39, 0.29) is 17.4 Å². The molecule has 1 unspecified atom stereocenters. The number of anilines is 1. The average Bonchev–Trinajstić information content (AvgIpc) is 3.31. The molecule has 2 heterocycles. The van der Waals surface area contributed by atoms with Gasteiger partial charge in [0.05, 0.1) is 17.3 Å². The third-order valence-electron chi connectivity index (χ3n) is 5.57. The monoisotopic (exact) mass is 496 g/mol. The number of benzene rings is 3. The molecule has 6 nitrogen and oxygen atoms in total. The van der Waals surface area contributed by atoms with E-state index in [1.54, 1.807) is 37.3 Å². The lowest BCUT2D eigenvalue weighted by atomic mass is 9.94. The number of rotatable bonds is 4. The standard InChI is InChI=1S/C25H16ClF3N4O2/c1-13-21(24-31-23(32-35-24)15-5-2-6-16(26)10-15)22(14-4-3-7-17(27)11-14)30-25(34)33(13)18-8-9-19(28)20(29)12-18/h2-12,22H,1H3,(H,30,34). The van der Waals surface area contributed by atoms with Gasteiger partial charge in [0.25, 0.3) is 5.89 Å². The molecule has 0 radical (unpaired) electrons. The lowest BCUT2D eigenvalue weighted by molar-refractivity contribution is 0.244. The first kappa shape index (κ1) is 22.7. The fraction of sp³-hybridized carbons (Fsp3) is 0.0800. The molecule has 1 N–H and O–H groups in total. The Balaban J connectivity index is 1.67. The van der Waals surface area contributed by atoms with Crippen molar-refractivity contribution in [3.05, 3.63) is 106 Å². The number of nitrogens with one attached hydrogen (secondary N) is 1. The molecule has 0 saturated heterocycles. The molecule has 0 fully saturated rings. The first-order valence-corrected chi connectivity index (χ1v) is 10.8. The van der Waals surface area contributed by atoms with Gasteiger partial charge in [-0.15, -0.1) is 0 Å². The normalized spacial score (nSPS) is 16.0. The average molecular weight is 497 g/mol. The van der Waals surface area contributed by atoms with Crippen LogP contribution in [0.1, 0.15) is 24.4 Å². The summed E-state index contributed by atoms with van der Waals surface area (Å²) in [7, 11) is 0. The lowest BCUT2D eigenvalue weighted by Crippen LogP contribution is -2.46. The number of aromatic nitrogens is 2. The molecule has 0 aliphatic carbocycles. The fourth-order valence-corrected chi connectivity index (χ4v) is 4.16. The molecule has 176 valence electrons. The van der Waals surface area contributed by atoms with Crippen molar-refractivity contribution < 1.29 is 22.5 Å². The summed E-state index contributed by atoms with van der Waals surface area (Å²) in [5.41, 5.74) is 1.80. The number of allylic oxidation sites excluding steroid dienone is 1. The van der Waals surface area contributed by atoms with Gasteiger partial charge in [-0.2, -0.15) is 4.98 Å². The van der Waals surface area contributed by atoms with Gasteiger partial charge in [0.2, 0.25) is 5.82 Å². The van der Waals surface area contributed by atoms with Crippen LogP contribution in [0.2, 0.25) is 5.02 Å². The molecule has 2 amide bonds. The molecule has 5 rings (SSSR count). The van der Waals surface area contributed by atoms with E-state index in [0.717, 1.165) is 17.0 Å². The maximum atomic E-state index is 14.1. The Labute approximate surface area is 202 Å². The topological polar surface area (TPSA) is 71.3 Å². The highest BCUT2D eigenvalue weighted by molar-refractivity contribution is 6.30. The largest absolute Gasteiger partial charge is 0.334 e. The van der Waals surface area contributed by atoms with Crippen LogP contribution in [0, 0.1) is 17.5 Å². The molecule has 10 heteroatoms. The molecule has 35 heavy (non-hydrogen) atoms. The Morgan fingerprint density at radius 1 is 1.00 bits per heavy atom. The summed E-state index contributed by atoms with van der Waals surface area (Å²) in [6, 6.07) is 14.2. The first-order chi connectivity index (χ1) is 16.8. The number of urea groups is 1. The summed E-state index contributed by atoms with van der Waals surface area (Å²) >= 11 is 6.08. The van der Waals surface area contributed by atoms with E-state index < -0.39 is 29.5 Å². The number of carbonyl (C=O) groups excluding carboxylic acids is 1. The van der Waals surface area contributed by atoms with Gasteiger partial charge in [0.1, 0.15) is 5.82 Å². The number of nitrogens with zero attached hydrogens (tertiary/aromatic N) is 3. The quantitative estimate of drug-likeness (QED) is 0.349. The second kappa shape index (κ2) is 8.92. The molecule has 0 bridgehead atoms. The third kappa shape index (κ3) is 4.26. The van der Waals surface area contributed by atoms with Gasteiger partial charge in [-0.3, -0.25) is 4.90 Å². The molecular weight excluding hydrogens is 481 g/mol. The van der Waals surface area contributed by atoms with Gasteiger partial charge in [-0.1, -0.05) is 41.0 Å². The summed E-state index contributed by atoms with van der Waals surface area (Å²) < 4.78 is 47.1. The Morgan fingerprint density at radius 3 is 2.54 bits per heavy atom. The molecule has 1 aromatic heterocycles. The highest BCUT2D eigenvalue weighted by Crippen LogP contribution is 2.39. The van der Waals surface area contributed by atoms with Crippen LogP contribution in [0.4, 0.5) is 23.7 Å². The van der Waals surface area contributed by atoms with E-state index in [1.165, 1.54) is 24.3 Å². The zero-order valence-corrected chi connectivity index (χ0v) is 18.9. The van der Waals surface area contributed by atoms with Crippen molar-refractivity contribution in [2.45, 2.75) is 13.0 Å². The van der Waals surface area contributed by atoms with Gasteiger partial charge in [0.15, 0.2) is 11.6 Å². The number of amides is 2. The molecule has 1 aliphatic heterocycles. The van der Waals surface area contributed by atoms with Gasteiger partial charge in [-0.05, 0) is 48.9 Å². The van der Waals surface area contributed by atoms with Crippen LogP contribution in [0.25, 0.3) is 17.0 Å². The van der Waals surface area contributed by atoms with E-state index in [0.29, 0.717) is 27.4 Å². The third-order valence-corrected chi connectivity index (χ3v) is 5.80.